The van der Waals surface area contributed by atoms with Gasteiger partial charge in [-0.05, 0) is 24.1 Å². The third-order valence-corrected chi connectivity index (χ3v) is 4.71. The molecule has 2 aromatic rings. The van der Waals surface area contributed by atoms with Gasteiger partial charge in [0, 0.05) is 11.6 Å². The summed E-state index contributed by atoms with van der Waals surface area (Å²) < 4.78 is 26.4. The lowest BCUT2D eigenvalue weighted by molar-refractivity contribution is 0.263. The number of sulfone groups is 1. The molecule has 6 nitrogen and oxygen atoms in total. The second kappa shape index (κ2) is 6.55. The summed E-state index contributed by atoms with van der Waals surface area (Å²) in [6, 6.07) is 6.67. The number of nitrogens with zero attached hydrogens (tertiary/aromatic N) is 3. The lowest BCUT2D eigenvalue weighted by Crippen LogP contribution is -2.14. The number of halogens is 1. The highest BCUT2D eigenvalue weighted by atomic mass is 35.5. The topological polar surface area (TPSA) is 85.1 Å². The number of rotatable bonds is 6. The van der Waals surface area contributed by atoms with Crippen LogP contribution in [0.5, 0.6) is 0 Å². The van der Waals surface area contributed by atoms with Crippen molar-refractivity contribution in [3.05, 3.63) is 40.7 Å². The van der Waals surface area contributed by atoms with Gasteiger partial charge in [0.1, 0.15) is 6.61 Å². The molecule has 0 fully saturated rings. The SMILES string of the molecule is CCCn1c(CO)nnc1S(=O)(=O)Cc1cccc(Cl)c1. The maximum atomic E-state index is 12.5. The van der Waals surface area contributed by atoms with Gasteiger partial charge in [-0.1, -0.05) is 30.7 Å². The molecule has 1 aromatic carbocycles. The lowest BCUT2D eigenvalue weighted by atomic mass is 10.2. The second-order valence-electron chi connectivity index (χ2n) is 4.60. The van der Waals surface area contributed by atoms with Crippen molar-refractivity contribution in [2.75, 3.05) is 0 Å². The van der Waals surface area contributed by atoms with Gasteiger partial charge in [-0.2, -0.15) is 0 Å². The van der Waals surface area contributed by atoms with Gasteiger partial charge in [0.15, 0.2) is 5.82 Å². The van der Waals surface area contributed by atoms with Crippen molar-refractivity contribution in [1.82, 2.24) is 14.8 Å². The highest BCUT2D eigenvalue weighted by Gasteiger charge is 2.24. The molecule has 0 atom stereocenters. The Morgan fingerprint density at radius 1 is 1.33 bits per heavy atom. The van der Waals surface area contributed by atoms with Crippen molar-refractivity contribution in [2.24, 2.45) is 0 Å². The monoisotopic (exact) mass is 329 g/mol. The van der Waals surface area contributed by atoms with Crippen molar-refractivity contribution in [2.45, 2.75) is 37.4 Å². The molecular formula is C13H16ClN3O3S. The Morgan fingerprint density at radius 3 is 2.71 bits per heavy atom. The Hall–Kier alpha value is -1.44. The van der Waals surface area contributed by atoms with E-state index in [-0.39, 0.29) is 23.3 Å². The summed E-state index contributed by atoms with van der Waals surface area (Å²) in [5.41, 5.74) is 0.582. The Kier molecular flexibility index (Phi) is 4.97. The lowest BCUT2D eigenvalue weighted by Gasteiger charge is -2.08. The van der Waals surface area contributed by atoms with E-state index in [1.165, 1.54) is 4.57 Å². The van der Waals surface area contributed by atoms with Crippen LogP contribution in [0.2, 0.25) is 5.02 Å². The standard InChI is InChI=1S/C13H16ClN3O3S/c1-2-6-17-12(8-18)15-16-13(17)21(19,20)9-10-4-3-5-11(14)7-10/h3-5,7,18H,2,6,8-9H2,1H3. The summed E-state index contributed by atoms with van der Waals surface area (Å²) in [5.74, 6) is 0.0439. The molecule has 0 aliphatic rings. The van der Waals surface area contributed by atoms with E-state index in [0.717, 1.165) is 0 Å². The quantitative estimate of drug-likeness (QED) is 0.873. The summed E-state index contributed by atoms with van der Waals surface area (Å²) in [5, 5.41) is 17.0. The molecule has 0 amide bonds. The highest BCUT2D eigenvalue weighted by molar-refractivity contribution is 7.90. The predicted molar refractivity (Wildman–Crippen MR) is 78.6 cm³/mol. The molecule has 0 spiro atoms. The van der Waals surface area contributed by atoms with Crippen LogP contribution in [0.15, 0.2) is 29.4 Å². The number of hydrogen-bond donors (Lipinski definition) is 1. The van der Waals surface area contributed by atoms with E-state index in [1.54, 1.807) is 24.3 Å². The first-order valence-electron chi connectivity index (χ1n) is 6.48. The van der Waals surface area contributed by atoms with Gasteiger partial charge in [0.05, 0.1) is 5.75 Å². The molecule has 0 aliphatic carbocycles. The van der Waals surface area contributed by atoms with E-state index < -0.39 is 9.84 Å². The summed E-state index contributed by atoms with van der Waals surface area (Å²) in [6.07, 6.45) is 0.713. The summed E-state index contributed by atoms with van der Waals surface area (Å²) in [6.45, 7) is 2.00. The van der Waals surface area contributed by atoms with Crippen molar-refractivity contribution in [1.29, 1.82) is 0 Å². The summed E-state index contributed by atoms with van der Waals surface area (Å²) in [7, 11) is -3.65. The van der Waals surface area contributed by atoms with Crippen molar-refractivity contribution < 1.29 is 13.5 Å². The Balaban J connectivity index is 2.37. The van der Waals surface area contributed by atoms with Crippen molar-refractivity contribution in [3.8, 4) is 0 Å². The van der Waals surface area contributed by atoms with Crippen molar-refractivity contribution >= 4 is 21.4 Å². The Morgan fingerprint density at radius 2 is 2.10 bits per heavy atom. The normalized spacial score (nSPS) is 11.8. The van der Waals surface area contributed by atoms with Gasteiger partial charge in [-0.15, -0.1) is 10.2 Å². The minimum atomic E-state index is -3.65. The third-order valence-electron chi connectivity index (χ3n) is 2.91. The van der Waals surface area contributed by atoms with Crippen LogP contribution >= 0.6 is 11.6 Å². The molecule has 21 heavy (non-hydrogen) atoms. The van der Waals surface area contributed by atoms with Crippen LogP contribution in [0.25, 0.3) is 0 Å². The fourth-order valence-corrected chi connectivity index (χ4v) is 3.68. The first-order chi connectivity index (χ1) is 9.97. The smallest absolute Gasteiger partial charge is 0.250 e. The number of aliphatic hydroxyl groups is 1. The number of aliphatic hydroxyl groups excluding tert-OH is 1. The van der Waals surface area contributed by atoms with Crippen LogP contribution in [-0.4, -0.2) is 28.3 Å². The molecular weight excluding hydrogens is 314 g/mol. The maximum absolute atomic E-state index is 12.5. The molecule has 0 unspecified atom stereocenters. The molecule has 1 N–H and O–H groups in total. The minimum Gasteiger partial charge on any atom is -0.388 e. The van der Waals surface area contributed by atoms with Gasteiger partial charge in [-0.25, -0.2) is 8.42 Å². The largest absolute Gasteiger partial charge is 0.388 e. The first-order valence-corrected chi connectivity index (χ1v) is 8.51. The van der Waals surface area contributed by atoms with E-state index in [2.05, 4.69) is 10.2 Å². The zero-order valence-electron chi connectivity index (χ0n) is 11.5. The number of benzene rings is 1. The van der Waals surface area contributed by atoms with Gasteiger partial charge in [0.2, 0.25) is 15.0 Å². The van der Waals surface area contributed by atoms with E-state index in [9.17, 15) is 13.5 Å². The zero-order valence-corrected chi connectivity index (χ0v) is 13.1. The van der Waals surface area contributed by atoms with Gasteiger partial charge >= 0.3 is 0 Å². The van der Waals surface area contributed by atoms with Crippen molar-refractivity contribution in [3.63, 3.8) is 0 Å². The van der Waals surface area contributed by atoms with Gasteiger partial charge in [-0.3, -0.25) is 4.57 Å². The van der Waals surface area contributed by atoms with Gasteiger partial charge < -0.3 is 5.11 Å². The van der Waals surface area contributed by atoms with Crippen LogP contribution in [0.1, 0.15) is 24.7 Å². The molecule has 1 heterocycles. The minimum absolute atomic E-state index is 0.117. The van der Waals surface area contributed by atoms with Crippen LogP contribution in [-0.2, 0) is 28.7 Å². The molecule has 0 bridgehead atoms. The molecule has 0 saturated heterocycles. The van der Waals surface area contributed by atoms with Crippen LogP contribution in [0, 0.1) is 0 Å². The van der Waals surface area contributed by atoms with Gasteiger partial charge in [0.25, 0.3) is 0 Å². The molecule has 8 heteroatoms. The van der Waals surface area contributed by atoms with Crippen LogP contribution < -0.4 is 0 Å². The molecule has 2 rings (SSSR count). The molecule has 114 valence electrons. The van der Waals surface area contributed by atoms with Crippen LogP contribution in [0.4, 0.5) is 0 Å². The maximum Gasteiger partial charge on any atom is 0.250 e. The fraction of sp³-hybridized carbons (Fsp3) is 0.385. The highest BCUT2D eigenvalue weighted by Crippen LogP contribution is 2.19. The van der Waals surface area contributed by atoms with Crippen LogP contribution in [0.3, 0.4) is 0 Å². The number of hydrogen-bond acceptors (Lipinski definition) is 5. The Bertz CT molecular complexity index is 728. The summed E-state index contributed by atoms with van der Waals surface area (Å²) >= 11 is 5.87. The van der Waals surface area contributed by atoms with E-state index in [4.69, 9.17) is 11.6 Å². The van der Waals surface area contributed by atoms with E-state index in [0.29, 0.717) is 23.6 Å². The predicted octanol–water partition coefficient (Wildman–Crippen LogP) is 1.81. The average Bonchev–Trinajstić information content (AvgIpc) is 2.82. The number of aromatic nitrogens is 3. The molecule has 0 saturated carbocycles. The molecule has 0 radical (unpaired) electrons. The second-order valence-corrected chi connectivity index (χ2v) is 6.92. The molecule has 0 aliphatic heterocycles. The first kappa shape index (κ1) is 15.9. The summed E-state index contributed by atoms with van der Waals surface area (Å²) in [4.78, 5) is 0. The zero-order chi connectivity index (χ0) is 15.5. The average molecular weight is 330 g/mol. The Labute approximate surface area is 128 Å². The van der Waals surface area contributed by atoms with E-state index in [1.807, 2.05) is 6.92 Å². The third kappa shape index (κ3) is 3.61. The molecule has 1 aromatic heterocycles. The fourth-order valence-electron chi connectivity index (χ4n) is 2.02. The van der Waals surface area contributed by atoms with E-state index >= 15 is 0 Å².